The van der Waals surface area contributed by atoms with Crippen molar-refractivity contribution in [3.05, 3.63) is 39.2 Å². The van der Waals surface area contributed by atoms with Crippen LogP contribution in [0.15, 0.2) is 28.2 Å². The number of carbonyl (C=O) groups is 3. The molecule has 1 aromatic rings. The molecular formula is C19H19ClF3N3O7S. The number of carbonyl (C=O) groups excluding carboxylic acids is 3. The molecule has 34 heavy (non-hydrogen) atoms. The zero-order valence-electron chi connectivity index (χ0n) is 17.9. The third kappa shape index (κ3) is 7.42. The van der Waals surface area contributed by atoms with Crippen LogP contribution < -0.4 is 0 Å². The standard InChI is InChI=1S/C19H19ClF3N3O7S/c1-8(27)30-7-14-16(31-9(2)28)15(25-26-24)17(32-10(3)29)18(33-14)34-11-4-5-12(13(20)6-11)19(21,22)23/h4-6,14-18H,7H2,1-3H3/t14?,15?,16-,17?,18+/m0/s1. The van der Waals surface area contributed by atoms with Gasteiger partial charge in [0, 0.05) is 30.6 Å². The van der Waals surface area contributed by atoms with Crippen LogP contribution in [-0.2, 0) is 39.5 Å². The van der Waals surface area contributed by atoms with Crippen LogP contribution in [0.1, 0.15) is 26.3 Å². The van der Waals surface area contributed by atoms with Gasteiger partial charge in [0.15, 0.2) is 0 Å². The molecule has 1 aliphatic rings. The Morgan fingerprint density at radius 2 is 1.76 bits per heavy atom. The SMILES string of the molecule is CC(=O)OCC1O[C@H](Sc2ccc(C(F)(F)F)c(Cl)c2)C(OC(C)=O)C(N=[N+]=[N-])[C@H]1OC(C)=O. The molecule has 186 valence electrons. The van der Waals surface area contributed by atoms with E-state index in [-0.39, 0.29) is 4.90 Å². The van der Waals surface area contributed by atoms with E-state index in [2.05, 4.69) is 10.0 Å². The van der Waals surface area contributed by atoms with Crippen molar-refractivity contribution in [3.8, 4) is 0 Å². The number of hydrogen-bond donors (Lipinski definition) is 0. The van der Waals surface area contributed by atoms with Crippen molar-refractivity contribution in [2.24, 2.45) is 5.11 Å². The first kappa shape index (κ1) is 27.6. The molecule has 1 saturated heterocycles. The Kier molecular flexibility index (Phi) is 9.45. The third-order valence-electron chi connectivity index (χ3n) is 4.35. The Labute approximate surface area is 200 Å². The number of hydrogen-bond acceptors (Lipinski definition) is 9. The van der Waals surface area contributed by atoms with Gasteiger partial charge in [-0.3, -0.25) is 14.4 Å². The molecule has 2 rings (SSSR count). The van der Waals surface area contributed by atoms with Gasteiger partial charge >= 0.3 is 24.1 Å². The lowest BCUT2D eigenvalue weighted by Crippen LogP contribution is -2.59. The summed E-state index contributed by atoms with van der Waals surface area (Å²) in [6.45, 7) is 2.88. The van der Waals surface area contributed by atoms with Crippen LogP contribution in [0.3, 0.4) is 0 Å². The quantitative estimate of drug-likeness (QED) is 0.169. The van der Waals surface area contributed by atoms with Crippen LogP contribution in [0.4, 0.5) is 13.2 Å². The summed E-state index contributed by atoms with van der Waals surface area (Å²) in [5.74, 6) is -2.24. The maximum atomic E-state index is 13.0. The number of ether oxygens (including phenoxy) is 4. The van der Waals surface area contributed by atoms with Crippen LogP contribution in [-0.4, -0.2) is 54.3 Å². The van der Waals surface area contributed by atoms with Crippen molar-refractivity contribution in [2.45, 2.75) is 61.6 Å². The summed E-state index contributed by atoms with van der Waals surface area (Å²) in [5.41, 5.74) is 6.85. The molecule has 15 heteroatoms. The smallest absolute Gasteiger partial charge is 0.417 e. The zero-order chi connectivity index (χ0) is 25.6. The number of nitrogens with zero attached hydrogens (tertiary/aromatic N) is 3. The minimum absolute atomic E-state index is 0.206. The van der Waals surface area contributed by atoms with Crippen LogP contribution in [0.2, 0.25) is 5.02 Å². The Morgan fingerprint density at radius 3 is 2.26 bits per heavy atom. The molecule has 0 amide bonds. The highest BCUT2D eigenvalue weighted by Gasteiger charge is 2.50. The molecule has 0 aliphatic carbocycles. The number of thioether (sulfide) groups is 1. The van der Waals surface area contributed by atoms with Gasteiger partial charge in [-0.1, -0.05) is 28.5 Å². The minimum atomic E-state index is -4.67. The largest absolute Gasteiger partial charge is 0.463 e. The maximum absolute atomic E-state index is 13.0. The van der Waals surface area contributed by atoms with E-state index in [4.69, 9.17) is 36.1 Å². The molecular weight excluding hydrogens is 507 g/mol. The van der Waals surface area contributed by atoms with Gasteiger partial charge in [-0.05, 0) is 23.7 Å². The van der Waals surface area contributed by atoms with Gasteiger partial charge in [0.1, 0.15) is 36.4 Å². The molecule has 1 aliphatic heterocycles. The Hall–Kier alpha value is -2.67. The topological polar surface area (TPSA) is 137 Å². The number of esters is 3. The van der Waals surface area contributed by atoms with Crippen molar-refractivity contribution in [2.75, 3.05) is 6.61 Å². The van der Waals surface area contributed by atoms with E-state index >= 15 is 0 Å². The second-order valence-corrected chi connectivity index (χ2v) is 8.53. The fourth-order valence-corrected chi connectivity index (χ4v) is 4.60. The van der Waals surface area contributed by atoms with Gasteiger partial charge in [0.05, 0.1) is 10.6 Å². The van der Waals surface area contributed by atoms with Crippen molar-refractivity contribution < 1.29 is 46.5 Å². The summed E-state index contributed by atoms with van der Waals surface area (Å²) in [7, 11) is 0. The Morgan fingerprint density at radius 1 is 1.15 bits per heavy atom. The summed E-state index contributed by atoms with van der Waals surface area (Å²) in [4.78, 5) is 37.6. The number of halogens is 4. The molecule has 10 nitrogen and oxygen atoms in total. The molecule has 0 radical (unpaired) electrons. The molecule has 1 heterocycles. The van der Waals surface area contributed by atoms with Gasteiger partial charge < -0.3 is 18.9 Å². The maximum Gasteiger partial charge on any atom is 0.417 e. The van der Waals surface area contributed by atoms with Crippen LogP contribution in [0.5, 0.6) is 0 Å². The molecule has 1 aromatic carbocycles. The normalized spacial score (nSPS) is 24.5. The summed E-state index contributed by atoms with van der Waals surface area (Å²) in [5, 5.41) is 3.03. The second-order valence-electron chi connectivity index (χ2n) is 6.95. The summed E-state index contributed by atoms with van der Waals surface area (Å²) >= 11 is 6.60. The van der Waals surface area contributed by atoms with Gasteiger partial charge in [0.25, 0.3) is 0 Å². The van der Waals surface area contributed by atoms with Crippen molar-refractivity contribution >= 4 is 41.3 Å². The van der Waals surface area contributed by atoms with E-state index in [0.717, 1.165) is 50.7 Å². The summed E-state index contributed by atoms with van der Waals surface area (Å²) < 4.78 is 60.4. The van der Waals surface area contributed by atoms with Crippen LogP contribution in [0.25, 0.3) is 10.4 Å². The minimum Gasteiger partial charge on any atom is -0.463 e. The molecule has 1 fully saturated rings. The van der Waals surface area contributed by atoms with E-state index in [0.29, 0.717) is 0 Å². The molecule has 0 saturated carbocycles. The second kappa shape index (κ2) is 11.6. The molecule has 0 bridgehead atoms. The van der Waals surface area contributed by atoms with Gasteiger partial charge in [-0.2, -0.15) is 13.2 Å². The van der Waals surface area contributed by atoms with Crippen molar-refractivity contribution in [1.82, 2.24) is 0 Å². The first-order chi connectivity index (χ1) is 15.8. The van der Waals surface area contributed by atoms with E-state index in [1.54, 1.807) is 0 Å². The lowest BCUT2D eigenvalue weighted by Gasteiger charge is -2.43. The van der Waals surface area contributed by atoms with Crippen molar-refractivity contribution in [3.63, 3.8) is 0 Å². The van der Waals surface area contributed by atoms with Crippen LogP contribution in [0, 0.1) is 0 Å². The van der Waals surface area contributed by atoms with Gasteiger partial charge in [-0.25, -0.2) is 0 Å². The lowest BCUT2D eigenvalue weighted by molar-refractivity contribution is -0.201. The monoisotopic (exact) mass is 525 g/mol. The average Bonchev–Trinajstić information content (AvgIpc) is 2.69. The van der Waals surface area contributed by atoms with E-state index < -0.39 is 71.1 Å². The Balaban J connectivity index is 2.46. The fraction of sp³-hybridized carbons (Fsp3) is 0.526. The molecule has 0 N–H and O–H groups in total. The fourth-order valence-electron chi connectivity index (χ4n) is 3.10. The Bertz CT molecular complexity index is 990. The number of alkyl halides is 3. The van der Waals surface area contributed by atoms with E-state index in [1.165, 1.54) is 0 Å². The first-order valence-corrected chi connectivity index (χ1v) is 10.8. The van der Waals surface area contributed by atoms with E-state index in [9.17, 15) is 27.6 Å². The predicted molar refractivity (Wildman–Crippen MR) is 112 cm³/mol. The number of benzene rings is 1. The molecule has 3 unspecified atom stereocenters. The van der Waals surface area contributed by atoms with Gasteiger partial charge in [0.2, 0.25) is 0 Å². The van der Waals surface area contributed by atoms with E-state index in [1.807, 2.05) is 0 Å². The average molecular weight is 526 g/mol. The summed E-state index contributed by atoms with van der Waals surface area (Å²) in [6.07, 6.45) is -8.44. The molecule has 5 atom stereocenters. The third-order valence-corrected chi connectivity index (χ3v) is 5.81. The summed E-state index contributed by atoms with van der Waals surface area (Å²) in [6, 6.07) is 1.65. The van der Waals surface area contributed by atoms with Crippen LogP contribution >= 0.6 is 23.4 Å². The molecule has 0 spiro atoms. The first-order valence-electron chi connectivity index (χ1n) is 9.54. The predicted octanol–water partition coefficient (Wildman–Crippen LogP) is 4.28. The number of rotatable bonds is 7. The highest BCUT2D eigenvalue weighted by Crippen LogP contribution is 2.41. The zero-order valence-corrected chi connectivity index (χ0v) is 19.5. The van der Waals surface area contributed by atoms with Crippen molar-refractivity contribution in [1.29, 1.82) is 0 Å². The van der Waals surface area contributed by atoms with Gasteiger partial charge in [-0.15, -0.1) is 0 Å². The molecule has 0 aromatic heterocycles. The number of azide groups is 1. The lowest BCUT2D eigenvalue weighted by atomic mass is 9.97. The highest BCUT2D eigenvalue weighted by atomic mass is 35.5. The highest BCUT2D eigenvalue weighted by molar-refractivity contribution is 7.99.